The van der Waals surface area contributed by atoms with Crippen molar-refractivity contribution in [3.8, 4) is 0 Å². The molecule has 0 spiro atoms. The third kappa shape index (κ3) is 1.62. The van der Waals surface area contributed by atoms with Crippen molar-refractivity contribution in [2.45, 2.75) is 38.5 Å². The van der Waals surface area contributed by atoms with Crippen LogP contribution in [0.2, 0.25) is 0 Å². The zero-order valence-electron chi connectivity index (χ0n) is 8.87. The lowest BCUT2D eigenvalue weighted by atomic mass is 9.84. The predicted octanol–water partition coefficient (Wildman–Crippen LogP) is 1.25. The van der Waals surface area contributed by atoms with Crippen molar-refractivity contribution in [1.29, 1.82) is 0 Å². The molecule has 0 unspecified atom stereocenters. The molecule has 1 N–H and O–H groups in total. The Labute approximate surface area is 89.3 Å². The molecule has 1 saturated heterocycles. The molecule has 2 fully saturated rings. The first-order valence-corrected chi connectivity index (χ1v) is 5.70. The Morgan fingerprint density at radius 1 is 1.00 bits per heavy atom. The summed E-state index contributed by atoms with van der Waals surface area (Å²) in [6.45, 7) is 1.49. The van der Waals surface area contributed by atoms with E-state index in [0.29, 0.717) is 12.8 Å². The molecule has 2 rings (SSSR count). The molecule has 0 aromatic rings. The van der Waals surface area contributed by atoms with Gasteiger partial charge in [-0.3, -0.25) is 9.59 Å². The summed E-state index contributed by atoms with van der Waals surface area (Å²) in [4.78, 5) is 25.2. The standard InChI is InChI=1S/C11H17NO3/c13-9(12-7-3-4-8-12)11(10(14)15)5-1-2-6-11/h1-8H2,(H,14,15). The summed E-state index contributed by atoms with van der Waals surface area (Å²) in [6, 6.07) is 0. The Balaban J connectivity index is 2.17. The van der Waals surface area contributed by atoms with Gasteiger partial charge in [-0.05, 0) is 25.7 Å². The van der Waals surface area contributed by atoms with Gasteiger partial charge in [-0.25, -0.2) is 0 Å². The van der Waals surface area contributed by atoms with Crippen molar-refractivity contribution in [2.24, 2.45) is 5.41 Å². The number of amides is 1. The van der Waals surface area contributed by atoms with Gasteiger partial charge in [0.2, 0.25) is 5.91 Å². The average molecular weight is 211 g/mol. The van der Waals surface area contributed by atoms with Gasteiger partial charge in [0, 0.05) is 13.1 Å². The van der Waals surface area contributed by atoms with E-state index in [-0.39, 0.29) is 5.91 Å². The van der Waals surface area contributed by atoms with Crippen molar-refractivity contribution in [3.63, 3.8) is 0 Å². The van der Waals surface area contributed by atoms with Crippen molar-refractivity contribution in [1.82, 2.24) is 4.90 Å². The van der Waals surface area contributed by atoms with Gasteiger partial charge in [0.25, 0.3) is 0 Å². The Kier molecular flexibility index (Phi) is 2.67. The van der Waals surface area contributed by atoms with Crippen LogP contribution in [0.5, 0.6) is 0 Å². The first kappa shape index (κ1) is 10.5. The highest BCUT2D eigenvalue weighted by Crippen LogP contribution is 2.40. The van der Waals surface area contributed by atoms with E-state index in [1.54, 1.807) is 4.90 Å². The van der Waals surface area contributed by atoms with Crippen LogP contribution in [0.3, 0.4) is 0 Å². The van der Waals surface area contributed by atoms with Crippen LogP contribution in [-0.2, 0) is 9.59 Å². The molecular weight excluding hydrogens is 194 g/mol. The minimum atomic E-state index is -1.08. The van der Waals surface area contributed by atoms with Crippen LogP contribution in [0, 0.1) is 5.41 Å². The van der Waals surface area contributed by atoms with E-state index in [1.807, 2.05) is 0 Å². The highest BCUT2D eigenvalue weighted by molar-refractivity contribution is 6.02. The largest absolute Gasteiger partial charge is 0.480 e. The van der Waals surface area contributed by atoms with Crippen LogP contribution in [0.1, 0.15) is 38.5 Å². The second-order valence-electron chi connectivity index (χ2n) is 4.59. The summed E-state index contributed by atoms with van der Waals surface area (Å²) in [5.74, 6) is -1.05. The zero-order chi connectivity index (χ0) is 10.9. The lowest BCUT2D eigenvalue weighted by Gasteiger charge is -2.28. The van der Waals surface area contributed by atoms with E-state index in [1.165, 1.54) is 0 Å². The molecule has 15 heavy (non-hydrogen) atoms. The average Bonchev–Trinajstić information content (AvgIpc) is 2.89. The fourth-order valence-electron chi connectivity index (χ4n) is 2.72. The minimum Gasteiger partial charge on any atom is -0.480 e. The monoisotopic (exact) mass is 211 g/mol. The predicted molar refractivity (Wildman–Crippen MR) is 54.4 cm³/mol. The third-order valence-electron chi connectivity index (χ3n) is 3.67. The van der Waals surface area contributed by atoms with E-state index in [9.17, 15) is 14.7 Å². The van der Waals surface area contributed by atoms with Gasteiger partial charge in [-0.2, -0.15) is 0 Å². The van der Waals surface area contributed by atoms with Crippen molar-refractivity contribution in [2.75, 3.05) is 13.1 Å². The topological polar surface area (TPSA) is 57.6 Å². The van der Waals surface area contributed by atoms with E-state index in [4.69, 9.17) is 0 Å². The summed E-state index contributed by atoms with van der Waals surface area (Å²) in [7, 11) is 0. The maximum atomic E-state index is 12.2. The Morgan fingerprint density at radius 2 is 1.53 bits per heavy atom. The number of aliphatic carboxylic acids is 1. The van der Waals surface area contributed by atoms with Crippen LogP contribution in [-0.4, -0.2) is 35.0 Å². The molecule has 1 heterocycles. The first-order valence-electron chi connectivity index (χ1n) is 5.70. The van der Waals surface area contributed by atoms with E-state index < -0.39 is 11.4 Å². The summed E-state index contributed by atoms with van der Waals surface area (Å²) in [5, 5.41) is 9.25. The number of carbonyl (C=O) groups is 2. The van der Waals surface area contributed by atoms with E-state index in [0.717, 1.165) is 38.8 Å². The van der Waals surface area contributed by atoms with Crippen LogP contribution < -0.4 is 0 Å². The molecule has 84 valence electrons. The molecule has 0 atom stereocenters. The molecule has 1 aliphatic heterocycles. The number of hydrogen-bond acceptors (Lipinski definition) is 2. The summed E-state index contributed by atoms with van der Waals surface area (Å²) >= 11 is 0. The number of carboxylic acids is 1. The smallest absolute Gasteiger partial charge is 0.319 e. The maximum absolute atomic E-state index is 12.2. The second kappa shape index (κ2) is 3.83. The molecular formula is C11H17NO3. The molecule has 0 bridgehead atoms. The number of carboxylic acid groups (broad SMARTS) is 1. The number of nitrogens with zero attached hydrogens (tertiary/aromatic N) is 1. The normalized spacial score (nSPS) is 24.4. The molecule has 0 radical (unpaired) electrons. The van der Waals surface area contributed by atoms with E-state index >= 15 is 0 Å². The minimum absolute atomic E-state index is 0.134. The number of carbonyl (C=O) groups excluding carboxylic acids is 1. The lowest BCUT2D eigenvalue weighted by molar-refractivity contribution is -0.159. The lowest BCUT2D eigenvalue weighted by Crippen LogP contribution is -2.46. The summed E-state index contributed by atoms with van der Waals surface area (Å²) < 4.78 is 0. The SMILES string of the molecule is O=C(O)C1(C(=O)N2CCCC2)CCCC1. The van der Waals surface area contributed by atoms with E-state index in [2.05, 4.69) is 0 Å². The third-order valence-corrected chi connectivity index (χ3v) is 3.67. The second-order valence-corrected chi connectivity index (χ2v) is 4.59. The Bertz CT molecular complexity index is 276. The van der Waals surface area contributed by atoms with Crippen LogP contribution in [0.25, 0.3) is 0 Å². The molecule has 1 amide bonds. The molecule has 4 nitrogen and oxygen atoms in total. The van der Waals surface area contributed by atoms with Crippen molar-refractivity contribution in [3.05, 3.63) is 0 Å². The van der Waals surface area contributed by atoms with Gasteiger partial charge in [0.15, 0.2) is 0 Å². The number of likely N-dealkylation sites (tertiary alicyclic amines) is 1. The molecule has 1 aliphatic carbocycles. The zero-order valence-corrected chi connectivity index (χ0v) is 8.87. The van der Waals surface area contributed by atoms with Gasteiger partial charge in [0.1, 0.15) is 5.41 Å². The molecule has 0 aromatic carbocycles. The highest BCUT2D eigenvalue weighted by atomic mass is 16.4. The van der Waals surface area contributed by atoms with Crippen molar-refractivity contribution < 1.29 is 14.7 Å². The van der Waals surface area contributed by atoms with Gasteiger partial charge in [-0.15, -0.1) is 0 Å². The molecule has 0 aromatic heterocycles. The van der Waals surface area contributed by atoms with Crippen molar-refractivity contribution >= 4 is 11.9 Å². The summed E-state index contributed by atoms with van der Waals surface area (Å²) in [5.41, 5.74) is -1.08. The molecule has 4 heteroatoms. The van der Waals surface area contributed by atoms with Gasteiger partial charge in [-0.1, -0.05) is 12.8 Å². The van der Waals surface area contributed by atoms with Gasteiger partial charge in [0.05, 0.1) is 0 Å². The van der Waals surface area contributed by atoms with Crippen LogP contribution in [0.15, 0.2) is 0 Å². The van der Waals surface area contributed by atoms with Gasteiger partial charge < -0.3 is 10.0 Å². The highest BCUT2D eigenvalue weighted by Gasteiger charge is 2.50. The molecule has 1 saturated carbocycles. The molecule has 2 aliphatic rings. The number of hydrogen-bond donors (Lipinski definition) is 1. The summed E-state index contributed by atoms with van der Waals surface area (Å²) in [6.07, 6.45) is 4.82. The maximum Gasteiger partial charge on any atom is 0.319 e. The van der Waals surface area contributed by atoms with Crippen LogP contribution >= 0.6 is 0 Å². The number of rotatable bonds is 2. The fraction of sp³-hybridized carbons (Fsp3) is 0.818. The quantitative estimate of drug-likeness (QED) is 0.699. The fourth-order valence-corrected chi connectivity index (χ4v) is 2.72. The van der Waals surface area contributed by atoms with Crippen LogP contribution in [0.4, 0.5) is 0 Å². The Morgan fingerprint density at radius 3 is 2.00 bits per heavy atom. The Hall–Kier alpha value is -1.06. The first-order chi connectivity index (χ1) is 7.17. The van der Waals surface area contributed by atoms with Gasteiger partial charge >= 0.3 is 5.97 Å².